The average Bonchev–Trinajstić information content (AvgIpc) is 3.14. The molecule has 3 heterocycles. The second kappa shape index (κ2) is 6.42. The van der Waals surface area contributed by atoms with E-state index in [-0.39, 0.29) is 6.61 Å². The van der Waals surface area contributed by atoms with E-state index in [4.69, 9.17) is 15.1 Å². The van der Waals surface area contributed by atoms with Crippen LogP contribution in [-0.2, 0) is 6.42 Å². The van der Waals surface area contributed by atoms with E-state index < -0.39 is 0 Å². The highest BCUT2D eigenvalue weighted by Crippen LogP contribution is 2.32. The zero-order valence-electron chi connectivity index (χ0n) is 14.2. The van der Waals surface area contributed by atoms with Crippen LogP contribution in [0.4, 0.5) is 5.95 Å². The maximum absolute atomic E-state index is 9.13. The van der Waals surface area contributed by atoms with Gasteiger partial charge in [0.05, 0.1) is 12.0 Å². The molecule has 0 aliphatic carbocycles. The van der Waals surface area contributed by atoms with E-state index in [2.05, 4.69) is 36.4 Å². The summed E-state index contributed by atoms with van der Waals surface area (Å²) >= 11 is 1.66. The normalized spacial score (nSPS) is 11.5. The molecule has 0 amide bonds. The lowest BCUT2D eigenvalue weighted by molar-refractivity contribution is 0.310. The summed E-state index contributed by atoms with van der Waals surface area (Å²) in [4.78, 5) is 11.7. The van der Waals surface area contributed by atoms with Gasteiger partial charge < -0.3 is 10.4 Å². The minimum Gasteiger partial charge on any atom is -0.395 e. The number of nitrogens with one attached hydrogen (secondary N) is 1. The van der Waals surface area contributed by atoms with Crippen molar-refractivity contribution in [2.75, 3.05) is 18.5 Å². The first-order chi connectivity index (χ1) is 12.2. The van der Waals surface area contributed by atoms with Crippen molar-refractivity contribution in [3.8, 4) is 0 Å². The number of fused-ring (bicyclic) bond motifs is 3. The van der Waals surface area contributed by atoms with Crippen LogP contribution in [0.1, 0.15) is 21.8 Å². The Morgan fingerprint density at radius 2 is 1.96 bits per heavy atom. The summed E-state index contributed by atoms with van der Waals surface area (Å²) in [5.74, 6) is 1.38. The number of benzene rings is 1. The van der Waals surface area contributed by atoms with Gasteiger partial charge in [-0.2, -0.15) is 4.52 Å². The lowest BCUT2D eigenvalue weighted by Gasteiger charge is -2.06. The number of aromatic nitrogens is 4. The van der Waals surface area contributed by atoms with Crippen LogP contribution >= 0.6 is 11.3 Å². The van der Waals surface area contributed by atoms with Gasteiger partial charge in [-0.25, -0.2) is 9.97 Å². The van der Waals surface area contributed by atoms with E-state index in [1.54, 1.807) is 15.9 Å². The Kier molecular flexibility index (Phi) is 4.10. The summed E-state index contributed by atoms with van der Waals surface area (Å²) in [6.07, 6.45) is 0.672. The number of hydrogen-bond donors (Lipinski definition) is 2. The molecule has 0 aliphatic rings. The third-order valence-corrected chi connectivity index (χ3v) is 5.35. The first kappa shape index (κ1) is 16.0. The summed E-state index contributed by atoms with van der Waals surface area (Å²) in [6, 6.07) is 10.2. The van der Waals surface area contributed by atoms with E-state index in [0.29, 0.717) is 18.9 Å². The topological polar surface area (TPSA) is 75.3 Å². The first-order valence-electron chi connectivity index (χ1n) is 8.21. The molecule has 7 heteroatoms. The fraction of sp³-hybridized carbons (Fsp3) is 0.278. The van der Waals surface area contributed by atoms with Gasteiger partial charge in [-0.3, -0.25) is 0 Å². The number of hydrogen-bond acceptors (Lipinski definition) is 6. The van der Waals surface area contributed by atoms with Crippen LogP contribution < -0.4 is 5.32 Å². The molecule has 0 aliphatic heterocycles. The summed E-state index contributed by atoms with van der Waals surface area (Å²) in [6.45, 7) is 4.66. The Morgan fingerprint density at radius 1 is 1.16 bits per heavy atom. The molecule has 0 bridgehead atoms. The van der Waals surface area contributed by atoms with Crippen LogP contribution in [-0.4, -0.2) is 37.8 Å². The van der Waals surface area contributed by atoms with Crippen LogP contribution in [0, 0.1) is 13.8 Å². The molecule has 6 nitrogen and oxygen atoms in total. The zero-order valence-corrected chi connectivity index (χ0v) is 15.0. The van der Waals surface area contributed by atoms with Crippen molar-refractivity contribution in [3.63, 3.8) is 0 Å². The van der Waals surface area contributed by atoms with Gasteiger partial charge >= 0.3 is 0 Å². The standard InChI is InChI=1S/C18H19N5OS/c1-11-12(2)25-17-15(11)16-20-14(10-13-6-4-3-5-7-13)22-23(16)18(21-17)19-8-9-24/h3-7,24H,8-10H2,1-2H3,(H,19,21). The number of aryl methyl sites for hydroxylation is 2. The largest absolute Gasteiger partial charge is 0.395 e. The van der Waals surface area contributed by atoms with Crippen molar-refractivity contribution in [2.45, 2.75) is 20.3 Å². The first-order valence-corrected chi connectivity index (χ1v) is 9.03. The SMILES string of the molecule is Cc1sc2nc(NCCO)n3nc(Cc4ccccc4)nc3c2c1C. The van der Waals surface area contributed by atoms with Gasteiger partial charge in [-0.05, 0) is 25.0 Å². The third kappa shape index (κ3) is 2.85. The molecule has 0 saturated carbocycles. The van der Waals surface area contributed by atoms with Crippen LogP contribution in [0.5, 0.6) is 0 Å². The van der Waals surface area contributed by atoms with Crippen LogP contribution in [0.3, 0.4) is 0 Å². The predicted molar refractivity (Wildman–Crippen MR) is 100 cm³/mol. The Labute approximate surface area is 149 Å². The van der Waals surface area contributed by atoms with Gasteiger partial charge in [0.25, 0.3) is 0 Å². The molecule has 0 radical (unpaired) electrons. The lowest BCUT2D eigenvalue weighted by atomic mass is 10.1. The Hall–Kier alpha value is -2.51. The summed E-state index contributed by atoms with van der Waals surface area (Å²) in [7, 11) is 0. The third-order valence-electron chi connectivity index (χ3n) is 4.25. The zero-order chi connectivity index (χ0) is 17.4. The maximum atomic E-state index is 9.13. The Morgan fingerprint density at radius 3 is 2.72 bits per heavy atom. The number of aliphatic hydroxyl groups is 1. The van der Waals surface area contributed by atoms with Crippen molar-refractivity contribution in [3.05, 3.63) is 52.2 Å². The highest BCUT2D eigenvalue weighted by molar-refractivity contribution is 7.18. The molecule has 0 atom stereocenters. The van der Waals surface area contributed by atoms with Gasteiger partial charge in [0.15, 0.2) is 11.5 Å². The molecule has 1 aromatic carbocycles. The van der Waals surface area contributed by atoms with Crippen LogP contribution in [0.15, 0.2) is 30.3 Å². The molecule has 3 aromatic heterocycles. The molecule has 0 saturated heterocycles. The smallest absolute Gasteiger partial charge is 0.227 e. The average molecular weight is 353 g/mol. The van der Waals surface area contributed by atoms with E-state index >= 15 is 0 Å². The van der Waals surface area contributed by atoms with Crippen molar-refractivity contribution in [1.82, 2.24) is 19.6 Å². The Bertz CT molecular complexity index is 1040. The maximum Gasteiger partial charge on any atom is 0.227 e. The van der Waals surface area contributed by atoms with Crippen molar-refractivity contribution in [1.29, 1.82) is 0 Å². The minimum atomic E-state index is 0.0370. The van der Waals surface area contributed by atoms with Gasteiger partial charge in [0, 0.05) is 17.8 Å². The summed E-state index contributed by atoms with van der Waals surface area (Å²) in [5, 5.41) is 18.0. The molecule has 4 rings (SSSR count). The van der Waals surface area contributed by atoms with Gasteiger partial charge in [0.2, 0.25) is 5.95 Å². The van der Waals surface area contributed by atoms with E-state index in [0.717, 1.165) is 21.7 Å². The van der Waals surface area contributed by atoms with Crippen LogP contribution in [0.2, 0.25) is 0 Å². The summed E-state index contributed by atoms with van der Waals surface area (Å²) in [5.41, 5.74) is 3.19. The fourth-order valence-electron chi connectivity index (χ4n) is 2.89. The van der Waals surface area contributed by atoms with E-state index in [1.165, 1.54) is 16.0 Å². The second-order valence-electron chi connectivity index (χ2n) is 5.98. The molecular weight excluding hydrogens is 334 g/mol. The Balaban J connectivity index is 1.89. The molecule has 128 valence electrons. The van der Waals surface area contributed by atoms with E-state index in [9.17, 15) is 0 Å². The predicted octanol–water partition coefficient (Wildman–Crippen LogP) is 2.95. The van der Waals surface area contributed by atoms with Crippen molar-refractivity contribution in [2.24, 2.45) is 0 Å². The van der Waals surface area contributed by atoms with Crippen molar-refractivity contribution >= 4 is 33.1 Å². The number of anilines is 1. The molecule has 2 N–H and O–H groups in total. The second-order valence-corrected chi connectivity index (χ2v) is 7.18. The molecular formula is C18H19N5OS. The highest BCUT2D eigenvalue weighted by atomic mass is 32.1. The highest BCUT2D eigenvalue weighted by Gasteiger charge is 2.18. The van der Waals surface area contributed by atoms with Crippen molar-refractivity contribution < 1.29 is 5.11 Å². The lowest BCUT2D eigenvalue weighted by Crippen LogP contribution is -2.11. The van der Waals surface area contributed by atoms with Gasteiger partial charge in [-0.15, -0.1) is 16.4 Å². The molecule has 4 aromatic rings. The molecule has 25 heavy (non-hydrogen) atoms. The minimum absolute atomic E-state index is 0.0370. The molecule has 0 fully saturated rings. The number of rotatable bonds is 5. The molecule has 0 spiro atoms. The van der Waals surface area contributed by atoms with Gasteiger partial charge in [0.1, 0.15) is 4.83 Å². The number of aliphatic hydroxyl groups excluding tert-OH is 1. The number of thiophene rings is 1. The summed E-state index contributed by atoms with van der Waals surface area (Å²) < 4.78 is 1.76. The van der Waals surface area contributed by atoms with E-state index in [1.807, 2.05) is 18.2 Å². The fourth-order valence-corrected chi connectivity index (χ4v) is 3.92. The monoisotopic (exact) mass is 353 g/mol. The van der Waals surface area contributed by atoms with Gasteiger partial charge in [-0.1, -0.05) is 30.3 Å². The number of nitrogens with zero attached hydrogens (tertiary/aromatic N) is 4. The quantitative estimate of drug-likeness (QED) is 0.577. The van der Waals surface area contributed by atoms with Crippen LogP contribution in [0.25, 0.3) is 15.9 Å². The molecule has 0 unspecified atom stereocenters.